The van der Waals surface area contributed by atoms with Crippen LogP contribution in [0.1, 0.15) is 86.8 Å². The Labute approximate surface area is 292 Å². The van der Waals surface area contributed by atoms with E-state index in [-0.39, 0.29) is 11.3 Å². The number of cyclic esters (lactones) is 2. The molecule has 10 heteroatoms. The van der Waals surface area contributed by atoms with E-state index in [9.17, 15) is 19.6 Å². The van der Waals surface area contributed by atoms with Crippen LogP contribution in [0.2, 0.25) is 5.02 Å². The number of fused-ring (bicyclic) bond motifs is 2. The Morgan fingerprint density at radius 3 is 2.16 bits per heavy atom. The summed E-state index contributed by atoms with van der Waals surface area (Å²) in [6.45, 7) is 9.23. The third-order valence-electron chi connectivity index (χ3n) is 11.6. The molecule has 49 heavy (non-hydrogen) atoms. The third kappa shape index (κ3) is 5.95. The Bertz CT molecular complexity index is 1830. The van der Waals surface area contributed by atoms with Crippen molar-refractivity contribution in [1.29, 1.82) is 5.26 Å². The van der Waals surface area contributed by atoms with E-state index in [1.807, 2.05) is 47.4 Å². The number of carbonyl (C=O) groups excluding carboxylic acids is 3. The number of anilines is 2. The summed E-state index contributed by atoms with van der Waals surface area (Å²) in [5.41, 5.74) is 6.75. The van der Waals surface area contributed by atoms with Crippen molar-refractivity contribution in [2.24, 2.45) is 11.3 Å². The number of carbonyl (C=O) groups is 3. The second kappa shape index (κ2) is 12.5. The topological polar surface area (TPSA) is 97.2 Å². The number of amides is 1. The number of piperidine rings is 2. The van der Waals surface area contributed by atoms with Crippen LogP contribution in [0.5, 0.6) is 0 Å². The summed E-state index contributed by atoms with van der Waals surface area (Å²) in [6.07, 6.45) is 5.31. The molecule has 9 nitrogen and oxygen atoms in total. The van der Waals surface area contributed by atoms with Gasteiger partial charge in [0.25, 0.3) is 5.91 Å². The van der Waals surface area contributed by atoms with Crippen molar-refractivity contribution in [2.75, 3.05) is 49.1 Å². The van der Waals surface area contributed by atoms with Crippen LogP contribution in [0, 0.1) is 22.7 Å². The van der Waals surface area contributed by atoms with Gasteiger partial charge in [0.15, 0.2) is 0 Å². The van der Waals surface area contributed by atoms with Crippen molar-refractivity contribution in [3.05, 3.63) is 93.0 Å². The Morgan fingerprint density at radius 2 is 1.55 bits per heavy atom. The van der Waals surface area contributed by atoms with Gasteiger partial charge in [0.1, 0.15) is 6.07 Å². The molecule has 3 aromatic rings. The fourth-order valence-electron chi connectivity index (χ4n) is 8.90. The molecule has 8 rings (SSSR count). The molecule has 0 radical (unpaired) electrons. The van der Waals surface area contributed by atoms with Gasteiger partial charge in [-0.3, -0.25) is 9.69 Å². The maximum absolute atomic E-state index is 13.5. The van der Waals surface area contributed by atoms with Crippen molar-refractivity contribution in [3.63, 3.8) is 0 Å². The number of likely N-dealkylation sites (tertiary alicyclic amines) is 1. The Hall–Kier alpha value is -4.39. The molecule has 5 aliphatic rings. The number of nitriles is 1. The van der Waals surface area contributed by atoms with E-state index in [1.165, 1.54) is 5.69 Å². The predicted molar refractivity (Wildman–Crippen MR) is 187 cm³/mol. The van der Waals surface area contributed by atoms with Gasteiger partial charge in [-0.2, -0.15) is 5.26 Å². The molecule has 0 N–H and O–H groups in total. The van der Waals surface area contributed by atoms with Gasteiger partial charge >= 0.3 is 11.9 Å². The van der Waals surface area contributed by atoms with E-state index in [2.05, 4.69) is 39.8 Å². The first kappa shape index (κ1) is 31.9. The smallest absolute Gasteiger partial charge is 0.346 e. The van der Waals surface area contributed by atoms with Crippen LogP contribution in [0.3, 0.4) is 0 Å². The zero-order chi connectivity index (χ0) is 33.9. The summed E-state index contributed by atoms with van der Waals surface area (Å²) in [7, 11) is 0. The molecule has 3 fully saturated rings. The highest BCUT2D eigenvalue weighted by Crippen LogP contribution is 2.46. The average molecular weight is 678 g/mol. The molecule has 5 aliphatic heterocycles. The lowest BCUT2D eigenvalue weighted by molar-refractivity contribution is 0.0443. The maximum atomic E-state index is 13.5. The molecule has 0 aromatic heterocycles. The van der Waals surface area contributed by atoms with Crippen LogP contribution in [0.25, 0.3) is 0 Å². The van der Waals surface area contributed by atoms with E-state index in [0.717, 1.165) is 107 Å². The molecule has 5 heterocycles. The lowest BCUT2D eigenvalue weighted by Gasteiger charge is -2.40. The van der Waals surface area contributed by atoms with E-state index < -0.39 is 11.9 Å². The van der Waals surface area contributed by atoms with Gasteiger partial charge in [0.05, 0.1) is 21.7 Å². The third-order valence-corrected chi connectivity index (χ3v) is 12.0. The van der Waals surface area contributed by atoms with Crippen molar-refractivity contribution >= 4 is 40.8 Å². The minimum absolute atomic E-state index is 0.102. The van der Waals surface area contributed by atoms with Gasteiger partial charge in [0.2, 0.25) is 0 Å². The van der Waals surface area contributed by atoms with Crippen molar-refractivity contribution < 1.29 is 19.1 Å². The summed E-state index contributed by atoms with van der Waals surface area (Å²) in [5, 5.41) is 9.77. The molecule has 3 aromatic carbocycles. The van der Waals surface area contributed by atoms with Crippen LogP contribution in [-0.4, -0.2) is 73.0 Å². The minimum atomic E-state index is -0.549. The van der Waals surface area contributed by atoms with E-state index in [4.69, 9.17) is 16.3 Å². The first-order valence-corrected chi connectivity index (χ1v) is 17.8. The van der Waals surface area contributed by atoms with Gasteiger partial charge in [-0.25, -0.2) is 9.59 Å². The largest absolute Gasteiger partial charge is 0.386 e. The molecule has 0 bridgehead atoms. The number of benzene rings is 3. The van der Waals surface area contributed by atoms with Crippen molar-refractivity contribution in [3.8, 4) is 6.07 Å². The average Bonchev–Trinajstić information content (AvgIpc) is 3.75. The van der Waals surface area contributed by atoms with Crippen LogP contribution in [0.15, 0.2) is 54.6 Å². The minimum Gasteiger partial charge on any atom is -0.386 e. The second-order valence-corrected chi connectivity index (χ2v) is 15.1. The first-order chi connectivity index (χ1) is 23.7. The van der Waals surface area contributed by atoms with Gasteiger partial charge in [0, 0.05) is 75.3 Å². The number of ether oxygens (including phenoxy) is 1. The maximum Gasteiger partial charge on any atom is 0.346 e. The van der Waals surface area contributed by atoms with Gasteiger partial charge in [-0.1, -0.05) is 11.6 Å². The van der Waals surface area contributed by atoms with Crippen LogP contribution < -0.4 is 9.80 Å². The molecular formula is C39H40ClN5O4. The fraction of sp³-hybridized carbons (Fsp3) is 0.436. The zero-order valence-corrected chi connectivity index (χ0v) is 28.5. The molecule has 252 valence electrons. The standard InChI is InChI=1S/C39H40ClN5O4/c1-25-19-39(24-45(25)32-7-4-28(20-41)35(40)18-32)10-14-43(15-11-39)31-5-2-27(3-6-31)36(46)44-12-8-26(9-13-44)21-42-22-29-16-33-34(17-30(29)23-42)38(48)49-37(33)47/h2-7,16-18,25-26H,8-15,19,21-24H2,1H3/t25-/m0/s1. The summed E-state index contributed by atoms with van der Waals surface area (Å²) >= 11 is 6.36. The number of rotatable bonds is 5. The molecule has 1 amide bonds. The van der Waals surface area contributed by atoms with Gasteiger partial charge in [-0.15, -0.1) is 0 Å². The normalized spacial score (nSPS) is 22.0. The first-order valence-electron chi connectivity index (χ1n) is 17.4. The number of hydrogen-bond donors (Lipinski definition) is 0. The Morgan fingerprint density at radius 1 is 0.918 bits per heavy atom. The molecular weight excluding hydrogens is 638 g/mol. The summed E-state index contributed by atoms with van der Waals surface area (Å²) < 4.78 is 4.76. The summed E-state index contributed by atoms with van der Waals surface area (Å²) in [4.78, 5) is 46.7. The monoisotopic (exact) mass is 677 g/mol. The molecule has 0 unspecified atom stereocenters. The van der Waals surface area contributed by atoms with Crippen LogP contribution in [-0.2, 0) is 17.8 Å². The van der Waals surface area contributed by atoms with Gasteiger partial charge in [-0.05, 0) is 116 Å². The molecule has 0 aliphatic carbocycles. The summed E-state index contributed by atoms with van der Waals surface area (Å²) in [5.74, 6) is -0.497. The molecule has 1 spiro atoms. The van der Waals surface area contributed by atoms with Crippen molar-refractivity contribution in [1.82, 2.24) is 9.80 Å². The predicted octanol–water partition coefficient (Wildman–Crippen LogP) is 6.28. The van der Waals surface area contributed by atoms with Crippen LogP contribution >= 0.6 is 11.6 Å². The van der Waals surface area contributed by atoms with E-state index >= 15 is 0 Å². The number of halogens is 1. The number of nitrogens with zero attached hydrogens (tertiary/aromatic N) is 5. The Balaban J connectivity index is 0.814. The molecule has 3 saturated heterocycles. The molecule has 1 atom stereocenters. The lowest BCUT2D eigenvalue weighted by atomic mass is 9.76. The van der Waals surface area contributed by atoms with E-state index in [0.29, 0.717) is 33.7 Å². The second-order valence-electron chi connectivity index (χ2n) is 14.7. The highest BCUT2D eigenvalue weighted by molar-refractivity contribution is 6.32. The summed E-state index contributed by atoms with van der Waals surface area (Å²) in [6, 6.07) is 20.2. The number of hydrogen-bond acceptors (Lipinski definition) is 8. The van der Waals surface area contributed by atoms with Crippen LogP contribution in [0.4, 0.5) is 11.4 Å². The quantitative estimate of drug-likeness (QED) is 0.230. The van der Waals surface area contributed by atoms with Crippen molar-refractivity contribution in [2.45, 2.75) is 58.2 Å². The number of esters is 2. The molecule has 0 saturated carbocycles. The fourth-order valence-corrected chi connectivity index (χ4v) is 9.12. The highest BCUT2D eigenvalue weighted by Gasteiger charge is 2.44. The van der Waals surface area contributed by atoms with Gasteiger partial charge < -0.3 is 19.4 Å². The zero-order valence-electron chi connectivity index (χ0n) is 27.8. The highest BCUT2D eigenvalue weighted by atomic mass is 35.5. The SMILES string of the molecule is C[C@H]1CC2(CCN(c3ccc(C(=O)N4CCC(CN5Cc6cc7c(cc6C5)C(=O)OC7=O)CC4)cc3)CC2)CN1c1ccc(C#N)c(Cl)c1. The lowest BCUT2D eigenvalue weighted by Crippen LogP contribution is -2.42. The Kier molecular flexibility index (Phi) is 8.12. The van der Waals surface area contributed by atoms with E-state index in [1.54, 1.807) is 0 Å².